The molecule has 0 amide bonds. The van der Waals surface area contributed by atoms with Crippen LogP contribution in [0.5, 0.6) is 0 Å². The molecular formula is C12H18N2O4. The number of nitrogens with one attached hydrogen (secondary N) is 1. The van der Waals surface area contributed by atoms with Crippen LogP contribution in [0.25, 0.3) is 0 Å². The van der Waals surface area contributed by atoms with Gasteiger partial charge in [0.05, 0.1) is 5.56 Å². The Morgan fingerprint density at radius 1 is 1.44 bits per heavy atom. The Labute approximate surface area is 106 Å². The number of hydrogen-bond acceptors (Lipinski definition) is 5. The second kappa shape index (κ2) is 6.70. The van der Waals surface area contributed by atoms with Crippen LogP contribution in [0.2, 0.25) is 0 Å². The lowest BCUT2D eigenvalue weighted by Gasteiger charge is -2.02. The van der Waals surface area contributed by atoms with Crippen LogP contribution in [0.1, 0.15) is 29.9 Å². The topological polar surface area (TPSA) is 99.5 Å². The van der Waals surface area contributed by atoms with Gasteiger partial charge in [0, 0.05) is 12.7 Å². The van der Waals surface area contributed by atoms with Crippen molar-refractivity contribution in [2.45, 2.75) is 26.4 Å². The zero-order valence-electron chi connectivity index (χ0n) is 10.9. The third kappa shape index (κ3) is 6.59. The van der Waals surface area contributed by atoms with Gasteiger partial charge >= 0.3 is 5.97 Å². The van der Waals surface area contributed by atoms with Crippen LogP contribution in [0.4, 0.5) is 5.82 Å². The summed E-state index contributed by atoms with van der Waals surface area (Å²) < 4.78 is 0. The summed E-state index contributed by atoms with van der Waals surface area (Å²) in [6.45, 7) is 4.62. The van der Waals surface area contributed by atoms with E-state index in [4.69, 9.17) is 10.2 Å². The standard InChI is InChI=1S/C8H10N2O2.C4H8O2/c1-5-3-6(8(11)12)4-7(9-2)10-5;1-4(2,6)3-5/h3-4H,1-2H3,(H,9,10)(H,11,12);3,6H,1-2H3. The SMILES string of the molecule is CC(C)(O)C=O.CNc1cc(C(=O)O)cc(C)n1. The monoisotopic (exact) mass is 254 g/mol. The van der Waals surface area contributed by atoms with Gasteiger partial charge in [-0.3, -0.25) is 0 Å². The molecule has 0 spiro atoms. The molecule has 0 saturated heterocycles. The number of aryl methyl sites for hydroxylation is 1. The zero-order valence-corrected chi connectivity index (χ0v) is 10.9. The number of carbonyl (C=O) groups excluding carboxylic acids is 1. The number of nitrogens with zero attached hydrogens (tertiary/aromatic N) is 1. The van der Waals surface area contributed by atoms with Crippen molar-refractivity contribution in [3.8, 4) is 0 Å². The van der Waals surface area contributed by atoms with E-state index in [2.05, 4.69) is 10.3 Å². The van der Waals surface area contributed by atoms with Crippen LogP contribution >= 0.6 is 0 Å². The molecule has 0 aromatic carbocycles. The quantitative estimate of drug-likeness (QED) is 0.698. The number of aldehydes is 1. The molecule has 0 aliphatic heterocycles. The summed E-state index contributed by atoms with van der Waals surface area (Å²) >= 11 is 0. The lowest BCUT2D eigenvalue weighted by Crippen LogP contribution is -2.19. The summed E-state index contributed by atoms with van der Waals surface area (Å²) in [5, 5.41) is 19.9. The van der Waals surface area contributed by atoms with Crippen LogP contribution in [0.15, 0.2) is 12.1 Å². The van der Waals surface area contributed by atoms with Gasteiger partial charge in [-0.15, -0.1) is 0 Å². The first kappa shape index (κ1) is 16.1. The Morgan fingerprint density at radius 3 is 2.28 bits per heavy atom. The van der Waals surface area contributed by atoms with Crippen molar-refractivity contribution < 1.29 is 19.8 Å². The third-order valence-corrected chi connectivity index (χ3v) is 1.74. The Bertz CT molecular complexity index is 425. The van der Waals surface area contributed by atoms with Crippen molar-refractivity contribution in [3.63, 3.8) is 0 Å². The highest BCUT2D eigenvalue weighted by atomic mass is 16.4. The number of aromatic carboxylic acids is 1. The molecule has 6 heteroatoms. The van der Waals surface area contributed by atoms with Crippen LogP contribution in [0, 0.1) is 6.92 Å². The average Bonchev–Trinajstić information content (AvgIpc) is 2.28. The molecule has 1 aromatic rings. The normalized spacial score (nSPS) is 10.1. The molecule has 0 radical (unpaired) electrons. The van der Waals surface area contributed by atoms with E-state index in [9.17, 15) is 9.59 Å². The molecule has 0 fully saturated rings. The molecule has 0 bridgehead atoms. The smallest absolute Gasteiger partial charge is 0.335 e. The maximum absolute atomic E-state index is 10.6. The van der Waals surface area contributed by atoms with Gasteiger partial charge in [-0.25, -0.2) is 9.78 Å². The predicted octanol–water partition coefficient (Wildman–Crippen LogP) is 1.09. The molecule has 0 aliphatic carbocycles. The van der Waals surface area contributed by atoms with Crippen LogP contribution in [-0.2, 0) is 4.79 Å². The first-order valence-corrected chi connectivity index (χ1v) is 5.28. The van der Waals surface area contributed by atoms with Crippen molar-refractivity contribution >= 4 is 18.1 Å². The summed E-state index contributed by atoms with van der Waals surface area (Å²) in [7, 11) is 1.70. The van der Waals surface area contributed by atoms with Gasteiger partial charge in [0.25, 0.3) is 0 Å². The van der Waals surface area contributed by atoms with E-state index < -0.39 is 11.6 Å². The van der Waals surface area contributed by atoms with Gasteiger partial charge in [0.2, 0.25) is 0 Å². The molecule has 0 atom stereocenters. The minimum Gasteiger partial charge on any atom is -0.478 e. The van der Waals surface area contributed by atoms with Crippen molar-refractivity contribution in [1.29, 1.82) is 0 Å². The Hall–Kier alpha value is -1.95. The number of aliphatic hydroxyl groups is 1. The molecule has 3 N–H and O–H groups in total. The minimum atomic E-state index is -1.14. The van der Waals surface area contributed by atoms with Gasteiger partial charge in [-0.2, -0.15) is 0 Å². The van der Waals surface area contributed by atoms with Gasteiger partial charge in [0.1, 0.15) is 11.4 Å². The van der Waals surface area contributed by atoms with Gasteiger partial charge in [-0.1, -0.05) is 0 Å². The molecular weight excluding hydrogens is 236 g/mol. The summed E-state index contributed by atoms with van der Waals surface area (Å²) in [5.41, 5.74) is -0.189. The first-order chi connectivity index (χ1) is 8.19. The lowest BCUT2D eigenvalue weighted by molar-refractivity contribution is -0.120. The fourth-order valence-electron chi connectivity index (χ4n) is 0.920. The molecule has 0 unspecified atom stereocenters. The fourth-order valence-corrected chi connectivity index (χ4v) is 0.920. The Kier molecular flexibility index (Phi) is 5.98. The molecule has 1 rings (SSSR count). The number of anilines is 1. The van der Waals surface area contributed by atoms with E-state index in [1.807, 2.05) is 0 Å². The molecule has 0 aliphatic rings. The van der Waals surface area contributed by atoms with Gasteiger partial charge in [-0.05, 0) is 32.9 Å². The summed E-state index contributed by atoms with van der Waals surface area (Å²) in [6, 6.07) is 3.03. The van der Waals surface area contributed by atoms with E-state index >= 15 is 0 Å². The number of pyridine rings is 1. The van der Waals surface area contributed by atoms with E-state index in [0.717, 1.165) is 0 Å². The largest absolute Gasteiger partial charge is 0.478 e. The van der Waals surface area contributed by atoms with E-state index in [0.29, 0.717) is 17.8 Å². The van der Waals surface area contributed by atoms with Crippen molar-refractivity contribution in [2.24, 2.45) is 0 Å². The molecule has 1 heterocycles. The van der Waals surface area contributed by atoms with Crippen LogP contribution in [-0.4, -0.2) is 40.1 Å². The molecule has 6 nitrogen and oxygen atoms in total. The average molecular weight is 254 g/mol. The van der Waals surface area contributed by atoms with Crippen molar-refractivity contribution in [3.05, 3.63) is 23.4 Å². The number of carboxylic acids is 1. The number of carboxylic acid groups (broad SMARTS) is 1. The van der Waals surface area contributed by atoms with E-state index in [1.54, 1.807) is 14.0 Å². The second-order valence-electron chi connectivity index (χ2n) is 4.21. The zero-order chi connectivity index (χ0) is 14.3. The van der Waals surface area contributed by atoms with Crippen molar-refractivity contribution in [1.82, 2.24) is 4.98 Å². The summed E-state index contributed by atoms with van der Waals surface area (Å²) in [6.07, 6.45) is 0.493. The predicted molar refractivity (Wildman–Crippen MR) is 67.8 cm³/mol. The fraction of sp³-hybridized carbons (Fsp3) is 0.417. The van der Waals surface area contributed by atoms with E-state index in [1.165, 1.54) is 26.0 Å². The first-order valence-electron chi connectivity index (χ1n) is 5.28. The summed E-state index contributed by atoms with van der Waals surface area (Å²) in [5.74, 6) is -0.357. The Balaban J connectivity index is 0.000000411. The highest BCUT2D eigenvalue weighted by molar-refractivity contribution is 5.88. The molecule has 1 aromatic heterocycles. The van der Waals surface area contributed by atoms with Crippen molar-refractivity contribution in [2.75, 3.05) is 12.4 Å². The van der Waals surface area contributed by atoms with Crippen LogP contribution < -0.4 is 5.32 Å². The lowest BCUT2D eigenvalue weighted by atomic mass is 10.2. The van der Waals surface area contributed by atoms with Gasteiger partial charge < -0.3 is 20.3 Å². The number of hydrogen-bond donors (Lipinski definition) is 3. The Morgan fingerprint density at radius 2 is 1.94 bits per heavy atom. The maximum Gasteiger partial charge on any atom is 0.335 e. The van der Waals surface area contributed by atoms with E-state index in [-0.39, 0.29) is 5.56 Å². The third-order valence-electron chi connectivity index (χ3n) is 1.74. The summed E-state index contributed by atoms with van der Waals surface area (Å²) in [4.78, 5) is 24.2. The highest BCUT2D eigenvalue weighted by Crippen LogP contribution is 2.08. The van der Waals surface area contributed by atoms with Crippen LogP contribution in [0.3, 0.4) is 0 Å². The number of aromatic nitrogens is 1. The molecule has 100 valence electrons. The number of rotatable bonds is 3. The minimum absolute atomic E-state index is 0.256. The highest BCUT2D eigenvalue weighted by Gasteiger charge is 2.07. The molecule has 0 saturated carbocycles. The molecule has 18 heavy (non-hydrogen) atoms. The second-order valence-corrected chi connectivity index (χ2v) is 4.21. The number of carbonyl (C=O) groups is 2. The maximum atomic E-state index is 10.6. The van der Waals surface area contributed by atoms with Gasteiger partial charge in [0.15, 0.2) is 6.29 Å².